The molecule has 1 fully saturated rings. The molecular formula is C16H19Cl2N3O4. The van der Waals surface area contributed by atoms with Crippen LogP contribution < -0.4 is 15.6 Å². The molecule has 25 heavy (non-hydrogen) atoms. The fourth-order valence-corrected chi connectivity index (χ4v) is 3.14. The van der Waals surface area contributed by atoms with Crippen molar-refractivity contribution in [3.8, 4) is 5.75 Å². The highest BCUT2D eigenvalue weighted by Gasteiger charge is 2.20. The third kappa shape index (κ3) is 5.24. The second kappa shape index (κ2) is 8.92. The highest BCUT2D eigenvalue weighted by molar-refractivity contribution is 6.37. The lowest BCUT2D eigenvalue weighted by molar-refractivity contribution is -0.135. The molecule has 0 saturated carbocycles. The first-order valence-electron chi connectivity index (χ1n) is 7.82. The van der Waals surface area contributed by atoms with Crippen LogP contribution in [0.3, 0.4) is 0 Å². The van der Waals surface area contributed by atoms with Gasteiger partial charge in [0.25, 0.3) is 11.8 Å². The zero-order chi connectivity index (χ0) is 18.4. The van der Waals surface area contributed by atoms with Gasteiger partial charge in [-0.15, -0.1) is 0 Å². The van der Waals surface area contributed by atoms with Gasteiger partial charge in [-0.05, 0) is 25.0 Å². The molecule has 1 saturated heterocycles. The third-order valence-corrected chi connectivity index (χ3v) is 4.35. The summed E-state index contributed by atoms with van der Waals surface area (Å²) in [6.07, 6.45) is 3.13. The van der Waals surface area contributed by atoms with Crippen molar-refractivity contribution >= 4 is 40.9 Å². The van der Waals surface area contributed by atoms with E-state index >= 15 is 0 Å². The van der Waals surface area contributed by atoms with E-state index in [1.165, 1.54) is 24.1 Å². The molecular weight excluding hydrogens is 369 g/mol. The molecule has 1 aliphatic rings. The van der Waals surface area contributed by atoms with E-state index in [0.717, 1.165) is 19.3 Å². The van der Waals surface area contributed by atoms with E-state index in [1.54, 1.807) is 0 Å². The fraction of sp³-hybridized carbons (Fsp3) is 0.438. The summed E-state index contributed by atoms with van der Waals surface area (Å²) in [7, 11) is 1.41. The Morgan fingerprint density at radius 2 is 1.84 bits per heavy atom. The average Bonchev–Trinajstić information content (AvgIpc) is 2.77. The van der Waals surface area contributed by atoms with Gasteiger partial charge >= 0.3 is 0 Å². The molecule has 3 amide bonds. The second-order valence-electron chi connectivity index (χ2n) is 5.60. The van der Waals surface area contributed by atoms with Gasteiger partial charge < -0.3 is 9.64 Å². The number of methoxy groups -OCH3 is 1. The summed E-state index contributed by atoms with van der Waals surface area (Å²) in [4.78, 5) is 37.4. The third-order valence-electron chi connectivity index (χ3n) is 3.79. The molecule has 0 spiro atoms. The lowest BCUT2D eigenvalue weighted by atomic mass is 10.2. The van der Waals surface area contributed by atoms with Crippen molar-refractivity contribution < 1.29 is 19.1 Å². The average molecular weight is 388 g/mol. The first-order valence-corrected chi connectivity index (χ1v) is 8.58. The molecule has 0 bridgehead atoms. The molecule has 2 N–H and O–H groups in total. The summed E-state index contributed by atoms with van der Waals surface area (Å²) < 4.78 is 5.01. The minimum Gasteiger partial charge on any atom is -0.494 e. The van der Waals surface area contributed by atoms with Gasteiger partial charge in [0.05, 0.1) is 17.2 Å². The predicted molar refractivity (Wildman–Crippen MR) is 93.7 cm³/mol. The Labute approximate surface area is 155 Å². The van der Waals surface area contributed by atoms with Crippen molar-refractivity contribution in [2.24, 2.45) is 0 Å². The summed E-state index contributed by atoms with van der Waals surface area (Å²) in [5.41, 5.74) is 4.73. The maximum Gasteiger partial charge on any atom is 0.269 e. The van der Waals surface area contributed by atoms with E-state index in [4.69, 9.17) is 27.9 Å². The molecule has 9 heteroatoms. The van der Waals surface area contributed by atoms with Crippen LogP contribution in [-0.4, -0.2) is 42.8 Å². The minimum absolute atomic E-state index is 0.0484. The molecule has 0 aliphatic carbocycles. The normalized spacial score (nSPS) is 14.7. The van der Waals surface area contributed by atoms with Gasteiger partial charge in [-0.25, -0.2) is 0 Å². The number of hydrogen-bond donors (Lipinski definition) is 2. The number of benzene rings is 1. The Balaban J connectivity index is 1.91. The summed E-state index contributed by atoms with van der Waals surface area (Å²) >= 11 is 12.0. The number of carbonyl (C=O) groups excluding carboxylic acids is 3. The van der Waals surface area contributed by atoms with Gasteiger partial charge in [0, 0.05) is 18.5 Å². The first kappa shape index (κ1) is 19.3. The lowest BCUT2D eigenvalue weighted by Crippen LogP contribution is -2.47. The molecule has 0 radical (unpaired) electrons. The van der Waals surface area contributed by atoms with Crippen LogP contribution in [0.25, 0.3) is 0 Å². The maximum atomic E-state index is 12.1. The number of likely N-dealkylation sites (tertiary alicyclic amines) is 1. The van der Waals surface area contributed by atoms with E-state index in [2.05, 4.69) is 10.9 Å². The van der Waals surface area contributed by atoms with Crippen molar-refractivity contribution in [1.29, 1.82) is 0 Å². The summed E-state index contributed by atoms with van der Waals surface area (Å²) in [6.45, 7) is 0.452. The van der Waals surface area contributed by atoms with Gasteiger partial charge in [0.15, 0.2) is 5.75 Å². The predicted octanol–water partition coefficient (Wildman–Crippen LogP) is 2.17. The van der Waals surface area contributed by atoms with Crippen LogP contribution in [-0.2, 0) is 9.59 Å². The van der Waals surface area contributed by atoms with Crippen LogP contribution in [0.2, 0.25) is 10.0 Å². The molecule has 136 valence electrons. The van der Waals surface area contributed by atoms with Crippen LogP contribution in [0.15, 0.2) is 12.1 Å². The minimum atomic E-state index is -0.581. The zero-order valence-corrected chi connectivity index (χ0v) is 15.2. The van der Waals surface area contributed by atoms with Crippen molar-refractivity contribution in [2.45, 2.75) is 25.7 Å². The highest BCUT2D eigenvalue weighted by atomic mass is 35.5. The molecule has 1 aromatic rings. The van der Waals surface area contributed by atoms with Gasteiger partial charge in [-0.2, -0.15) is 0 Å². The van der Waals surface area contributed by atoms with Gasteiger partial charge in [-0.1, -0.05) is 29.6 Å². The van der Waals surface area contributed by atoms with Gasteiger partial charge in [0.2, 0.25) is 5.91 Å². The second-order valence-corrected chi connectivity index (χ2v) is 6.42. The summed E-state index contributed by atoms with van der Waals surface area (Å²) in [5.74, 6) is -0.840. The Hall–Kier alpha value is -1.99. The quantitative estimate of drug-likeness (QED) is 0.774. The molecule has 2 rings (SSSR count). The molecule has 0 aromatic heterocycles. The number of hydrazine groups is 1. The Morgan fingerprint density at radius 3 is 2.48 bits per heavy atom. The Morgan fingerprint density at radius 1 is 1.16 bits per heavy atom. The van der Waals surface area contributed by atoms with Crippen molar-refractivity contribution in [2.75, 3.05) is 20.2 Å². The molecule has 1 aliphatic heterocycles. The maximum absolute atomic E-state index is 12.1. The lowest BCUT2D eigenvalue weighted by Gasteiger charge is -2.19. The van der Waals surface area contributed by atoms with Crippen molar-refractivity contribution in [1.82, 2.24) is 15.8 Å². The Kier molecular flexibility index (Phi) is 6.90. The number of amides is 3. The van der Waals surface area contributed by atoms with Crippen LogP contribution in [0.1, 0.15) is 36.0 Å². The van der Waals surface area contributed by atoms with E-state index in [1.807, 2.05) is 0 Å². The molecule has 0 unspecified atom stereocenters. The topological polar surface area (TPSA) is 87.7 Å². The largest absolute Gasteiger partial charge is 0.494 e. The van der Waals surface area contributed by atoms with E-state index in [0.29, 0.717) is 13.0 Å². The Bertz CT molecular complexity index is 658. The van der Waals surface area contributed by atoms with E-state index < -0.39 is 11.8 Å². The van der Waals surface area contributed by atoms with Gasteiger partial charge in [-0.3, -0.25) is 25.2 Å². The van der Waals surface area contributed by atoms with E-state index in [-0.39, 0.29) is 33.8 Å². The molecule has 1 heterocycles. The van der Waals surface area contributed by atoms with Crippen LogP contribution >= 0.6 is 23.2 Å². The zero-order valence-electron chi connectivity index (χ0n) is 13.7. The number of nitrogens with one attached hydrogen (secondary N) is 2. The van der Waals surface area contributed by atoms with Crippen LogP contribution in [0.5, 0.6) is 5.75 Å². The monoisotopic (exact) mass is 387 g/mol. The van der Waals surface area contributed by atoms with E-state index in [9.17, 15) is 14.4 Å². The molecule has 1 aromatic carbocycles. The standard InChI is InChI=1S/C16H19Cl2N3O4/c1-25-15-11(17)7-10(8-12(15)18)16(24)20-19-13(22)9-21-6-4-2-3-5-14(21)23/h7-8H,2-6,9H2,1H3,(H,19,22)(H,20,24). The smallest absolute Gasteiger partial charge is 0.269 e. The number of carbonyl (C=O) groups is 3. The number of nitrogens with zero attached hydrogens (tertiary/aromatic N) is 1. The number of ether oxygens (including phenoxy) is 1. The SMILES string of the molecule is COc1c(Cl)cc(C(=O)NNC(=O)CN2CCCCCC2=O)cc1Cl. The molecule has 0 atom stereocenters. The van der Waals surface area contributed by atoms with Crippen molar-refractivity contribution in [3.05, 3.63) is 27.7 Å². The van der Waals surface area contributed by atoms with Crippen LogP contribution in [0.4, 0.5) is 0 Å². The first-order chi connectivity index (χ1) is 11.9. The number of hydrogen-bond acceptors (Lipinski definition) is 4. The van der Waals surface area contributed by atoms with Gasteiger partial charge in [0.1, 0.15) is 6.54 Å². The fourth-order valence-electron chi connectivity index (χ4n) is 2.50. The summed E-state index contributed by atoms with van der Waals surface area (Å²) in [6, 6.07) is 2.76. The number of rotatable bonds is 4. The summed E-state index contributed by atoms with van der Waals surface area (Å²) in [5, 5.41) is 0.364. The molecule has 7 nitrogen and oxygen atoms in total. The van der Waals surface area contributed by atoms with Crippen LogP contribution in [0, 0.1) is 0 Å². The highest BCUT2D eigenvalue weighted by Crippen LogP contribution is 2.33. The van der Waals surface area contributed by atoms with Crippen molar-refractivity contribution in [3.63, 3.8) is 0 Å². The number of halogens is 2.